The maximum Gasteiger partial charge on any atom is 0.243 e. The zero-order chi connectivity index (χ0) is 27.9. The van der Waals surface area contributed by atoms with Crippen LogP contribution in [0.1, 0.15) is 44.4 Å². The van der Waals surface area contributed by atoms with Crippen LogP contribution in [0.2, 0.25) is 0 Å². The van der Waals surface area contributed by atoms with Gasteiger partial charge in [0, 0.05) is 32.8 Å². The van der Waals surface area contributed by atoms with Crippen LogP contribution in [0.15, 0.2) is 42.6 Å². The molecule has 1 aromatic heterocycles. The Kier molecular flexibility index (Phi) is 9.40. The molecule has 1 aliphatic heterocycles. The molecule has 1 fully saturated rings. The summed E-state index contributed by atoms with van der Waals surface area (Å²) >= 11 is 0. The molecular weight excluding hydrogens is 498 g/mol. The van der Waals surface area contributed by atoms with E-state index in [1.807, 2.05) is 19.1 Å². The van der Waals surface area contributed by atoms with E-state index in [0.717, 1.165) is 18.5 Å². The number of phenols is 1. The molecule has 3 amide bonds. The van der Waals surface area contributed by atoms with Gasteiger partial charge in [0.2, 0.25) is 17.7 Å². The highest BCUT2D eigenvalue weighted by molar-refractivity contribution is 5.93. The third kappa shape index (κ3) is 7.69. The molecule has 10 nitrogen and oxygen atoms in total. The van der Waals surface area contributed by atoms with Crippen molar-refractivity contribution in [3.63, 3.8) is 0 Å². The minimum Gasteiger partial charge on any atom is -0.508 e. The predicted molar refractivity (Wildman–Crippen MR) is 146 cm³/mol. The molecule has 2 heterocycles. The van der Waals surface area contributed by atoms with E-state index in [0.29, 0.717) is 37.2 Å². The van der Waals surface area contributed by atoms with Crippen molar-refractivity contribution in [1.82, 2.24) is 25.8 Å². The summed E-state index contributed by atoms with van der Waals surface area (Å²) < 4.78 is 6.18. The Hall–Kier alpha value is -3.66. The van der Waals surface area contributed by atoms with Crippen molar-refractivity contribution in [3.8, 4) is 11.5 Å². The number of nitrogens with zero attached hydrogens (tertiary/aromatic N) is 2. The molecule has 4 N–H and O–H groups in total. The van der Waals surface area contributed by atoms with Crippen LogP contribution in [-0.2, 0) is 27.2 Å². The first kappa shape index (κ1) is 28.4. The van der Waals surface area contributed by atoms with Crippen molar-refractivity contribution >= 4 is 17.7 Å². The van der Waals surface area contributed by atoms with Gasteiger partial charge in [-0.3, -0.25) is 19.4 Å². The number of fused-ring (bicyclic) bond motifs is 1. The maximum absolute atomic E-state index is 13.5. The fourth-order valence-electron chi connectivity index (χ4n) is 4.75. The quantitative estimate of drug-likeness (QED) is 0.467. The summed E-state index contributed by atoms with van der Waals surface area (Å²) in [6, 6.07) is 8.23. The smallest absolute Gasteiger partial charge is 0.243 e. The van der Waals surface area contributed by atoms with Crippen LogP contribution in [0, 0.1) is 5.92 Å². The Morgan fingerprint density at radius 1 is 1.10 bits per heavy atom. The second-order valence-electron chi connectivity index (χ2n) is 10.6. The number of hydrogen-bond acceptors (Lipinski definition) is 7. The molecule has 4 atom stereocenters. The number of carbonyl (C=O) groups is 3. The topological polar surface area (TPSA) is 133 Å². The fraction of sp³-hybridized carbons (Fsp3) is 0.517. The van der Waals surface area contributed by atoms with Crippen molar-refractivity contribution in [2.24, 2.45) is 5.92 Å². The Morgan fingerprint density at radius 3 is 2.64 bits per heavy atom. The van der Waals surface area contributed by atoms with Crippen molar-refractivity contribution in [2.75, 3.05) is 20.1 Å². The molecule has 0 bridgehead atoms. The van der Waals surface area contributed by atoms with Crippen LogP contribution in [0.5, 0.6) is 11.5 Å². The molecular formula is C29H39N5O5. The van der Waals surface area contributed by atoms with Gasteiger partial charge < -0.3 is 30.7 Å². The van der Waals surface area contributed by atoms with E-state index in [1.165, 1.54) is 4.90 Å². The first-order valence-corrected chi connectivity index (χ1v) is 13.7. The van der Waals surface area contributed by atoms with Gasteiger partial charge >= 0.3 is 0 Å². The highest BCUT2D eigenvalue weighted by Gasteiger charge is 2.39. The molecule has 1 aliphatic carbocycles. The van der Waals surface area contributed by atoms with Crippen LogP contribution in [-0.4, -0.2) is 77.1 Å². The first-order chi connectivity index (χ1) is 18.7. The van der Waals surface area contributed by atoms with Gasteiger partial charge in [0.15, 0.2) is 0 Å². The number of rotatable bonds is 3. The summed E-state index contributed by atoms with van der Waals surface area (Å²) in [7, 11) is 1.62. The van der Waals surface area contributed by atoms with Crippen molar-refractivity contribution in [3.05, 3.63) is 53.9 Å². The lowest BCUT2D eigenvalue weighted by molar-refractivity contribution is -0.141. The Bertz CT molecular complexity index is 1170. The van der Waals surface area contributed by atoms with E-state index in [2.05, 4.69) is 20.9 Å². The normalized spacial score (nSPS) is 25.9. The highest BCUT2D eigenvalue weighted by Crippen LogP contribution is 2.33. The van der Waals surface area contributed by atoms with Gasteiger partial charge in [0.05, 0.1) is 11.7 Å². The lowest BCUT2D eigenvalue weighted by Gasteiger charge is -2.31. The summed E-state index contributed by atoms with van der Waals surface area (Å²) in [4.78, 5) is 45.9. The molecule has 2 aliphatic rings. The molecule has 0 saturated heterocycles. The number of phenolic OH excluding ortho intramolecular Hbond substituents is 1. The van der Waals surface area contributed by atoms with Gasteiger partial charge in [0.1, 0.15) is 29.7 Å². The number of aromatic nitrogens is 1. The summed E-state index contributed by atoms with van der Waals surface area (Å²) in [6.45, 7) is 4.46. The number of aromatic hydroxyl groups is 1. The minimum atomic E-state index is -0.879. The second-order valence-corrected chi connectivity index (χ2v) is 10.6. The van der Waals surface area contributed by atoms with Gasteiger partial charge in [-0.05, 0) is 75.3 Å². The van der Waals surface area contributed by atoms with Gasteiger partial charge in [-0.25, -0.2) is 0 Å². The standard InChI is InChI=1S/C29H39N5O5/c1-18-17-32-26(21-11-12-21)29(38)34(3)19(2)27(36)33-24(16-20-7-4-8-22(35)15-20)28(37)31-14-5-9-23-25(39-18)10-6-13-30-23/h4,6-8,10,13,15,18-19,21,24,26,32,35H,5,9,11-12,14,16-17H2,1-3H3,(H,31,37)(H,33,36)/t18-,19-,24-,26+/m1/s1. The Morgan fingerprint density at radius 2 is 1.90 bits per heavy atom. The average molecular weight is 538 g/mol. The predicted octanol–water partition coefficient (Wildman–Crippen LogP) is 1.56. The van der Waals surface area contributed by atoms with Crippen molar-refractivity contribution in [2.45, 2.75) is 70.2 Å². The summed E-state index contributed by atoms with van der Waals surface area (Å²) in [5, 5.41) is 19.0. The Balaban J connectivity index is 1.57. The van der Waals surface area contributed by atoms with E-state index in [9.17, 15) is 19.5 Å². The number of carbonyl (C=O) groups excluding carboxylic acids is 3. The fourth-order valence-corrected chi connectivity index (χ4v) is 4.75. The van der Waals surface area contributed by atoms with Gasteiger partial charge in [-0.15, -0.1) is 0 Å². The molecule has 210 valence electrons. The van der Waals surface area contributed by atoms with Crippen LogP contribution in [0.4, 0.5) is 0 Å². The third-order valence-electron chi connectivity index (χ3n) is 7.34. The number of hydrogen-bond donors (Lipinski definition) is 4. The number of likely N-dealkylation sites (N-methyl/N-ethyl adjacent to an activating group) is 1. The highest BCUT2D eigenvalue weighted by atomic mass is 16.5. The molecule has 0 unspecified atom stereocenters. The van der Waals surface area contributed by atoms with Gasteiger partial charge in [-0.2, -0.15) is 0 Å². The molecule has 0 spiro atoms. The zero-order valence-corrected chi connectivity index (χ0v) is 22.9. The van der Waals surface area contributed by atoms with Crippen molar-refractivity contribution in [1.29, 1.82) is 0 Å². The zero-order valence-electron chi connectivity index (χ0n) is 22.9. The van der Waals surface area contributed by atoms with Crippen LogP contribution < -0.4 is 20.7 Å². The third-order valence-corrected chi connectivity index (χ3v) is 7.34. The van der Waals surface area contributed by atoms with Gasteiger partial charge in [-0.1, -0.05) is 12.1 Å². The first-order valence-electron chi connectivity index (χ1n) is 13.7. The monoisotopic (exact) mass is 537 g/mol. The SMILES string of the molecule is C[C@@H]1CN[C@@H](C2CC2)C(=O)N(C)[C@H](C)C(=O)N[C@H](Cc2cccc(O)c2)C(=O)NCCCc2ncccc2O1. The van der Waals surface area contributed by atoms with Crippen molar-refractivity contribution < 1.29 is 24.2 Å². The number of pyridine rings is 1. The summed E-state index contributed by atoms with van der Waals surface area (Å²) in [5.41, 5.74) is 1.50. The molecule has 39 heavy (non-hydrogen) atoms. The second kappa shape index (κ2) is 12.9. The number of amides is 3. The molecule has 1 saturated carbocycles. The lowest BCUT2D eigenvalue weighted by Crippen LogP contribution is -2.57. The Labute approximate surface area is 229 Å². The largest absolute Gasteiger partial charge is 0.508 e. The minimum absolute atomic E-state index is 0.0828. The molecule has 10 heteroatoms. The van der Waals surface area contributed by atoms with Crippen LogP contribution in [0.25, 0.3) is 0 Å². The van der Waals surface area contributed by atoms with Crippen LogP contribution >= 0.6 is 0 Å². The number of benzene rings is 1. The van der Waals surface area contributed by atoms with Gasteiger partial charge in [0.25, 0.3) is 0 Å². The van der Waals surface area contributed by atoms with E-state index in [4.69, 9.17) is 4.74 Å². The summed E-state index contributed by atoms with van der Waals surface area (Å²) in [6.07, 6.45) is 4.84. The molecule has 0 radical (unpaired) electrons. The maximum atomic E-state index is 13.5. The average Bonchev–Trinajstić information content (AvgIpc) is 3.75. The molecule has 1 aromatic carbocycles. The van der Waals surface area contributed by atoms with E-state index < -0.39 is 24.0 Å². The van der Waals surface area contributed by atoms with E-state index >= 15 is 0 Å². The van der Waals surface area contributed by atoms with Crippen LogP contribution in [0.3, 0.4) is 0 Å². The number of aryl methyl sites for hydroxylation is 1. The summed E-state index contributed by atoms with van der Waals surface area (Å²) in [5.74, 6) is 0.0674. The number of ether oxygens (including phenoxy) is 1. The van der Waals surface area contributed by atoms with E-state index in [-0.39, 0.29) is 36.0 Å². The molecule has 2 aromatic rings. The van der Waals surface area contributed by atoms with E-state index in [1.54, 1.807) is 44.4 Å². The number of nitrogens with one attached hydrogen (secondary N) is 3. The molecule has 4 rings (SSSR count). The lowest BCUT2D eigenvalue weighted by atomic mass is 10.0.